The standard InChI is InChI=1S/C9H15ClO2Si/c1-13(2,6-10)8-5-3-4-7(11)9(8)12/h3-5,7,9,11-12H,6H2,1-2H3/t7-,9-/m0/s1. The van der Waals surface area contributed by atoms with Gasteiger partial charge < -0.3 is 10.2 Å². The minimum absolute atomic E-state index is 0.566. The molecule has 2 atom stereocenters. The quantitative estimate of drug-likeness (QED) is 0.541. The predicted molar refractivity (Wildman–Crippen MR) is 57.4 cm³/mol. The molecule has 1 aliphatic carbocycles. The molecule has 0 amide bonds. The lowest BCUT2D eigenvalue weighted by molar-refractivity contribution is 0.0754. The van der Waals surface area contributed by atoms with Crippen molar-refractivity contribution in [2.75, 3.05) is 5.50 Å². The average molecular weight is 219 g/mol. The highest BCUT2D eigenvalue weighted by Gasteiger charge is 2.33. The molecule has 2 nitrogen and oxygen atoms in total. The second-order valence-electron chi connectivity index (χ2n) is 3.96. The van der Waals surface area contributed by atoms with Gasteiger partial charge in [-0.1, -0.05) is 31.3 Å². The van der Waals surface area contributed by atoms with Gasteiger partial charge in [-0.15, -0.1) is 11.6 Å². The first-order chi connectivity index (χ1) is 5.99. The molecule has 1 rings (SSSR count). The molecule has 0 saturated heterocycles. The summed E-state index contributed by atoms with van der Waals surface area (Å²) in [5.74, 6) is 0. The van der Waals surface area contributed by atoms with Gasteiger partial charge in [0.1, 0.15) is 12.2 Å². The van der Waals surface area contributed by atoms with Gasteiger partial charge in [-0.3, -0.25) is 0 Å². The Morgan fingerprint density at radius 2 is 2.08 bits per heavy atom. The van der Waals surface area contributed by atoms with Crippen molar-refractivity contribution in [3.05, 3.63) is 23.4 Å². The fourth-order valence-electron chi connectivity index (χ4n) is 1.36. The van der Waals surface area contributed by atoms with E-state index >= 15 is 0 Å². The number of aliphatic hydroxyl groups is 2. The summed E-state index contributed by atoms with van der Waals surface area (Å²) in [6, 6.07) is 0. The molecule has 0 radical (unpaired) electrons. The summed E-state index contributed by atoms with van der Waals surface area (Å²) < 4.78 is 0. The molecule has 13 heavy (non-hydrogen) atoms. The van der Waals surface area contributed by atoms with Crippen LogP contribution in [0.25, 0.3) is 0 Å². The van der Waals surface area contributed by atoms with Crippen molar-refractivity contribution in [3.63, 3.8) is 0 Å². The fourth-order valence-corrected chi connectivity index (χ4v) is 3.50. The molecule has 0 unspecified atom stereocenters. The van der Waals surface area contributed by atoms with Crippen LogP contribution in [0.1, 0.15) is 0 Å². The molecule has 0 aliphatic heterocycles. The van der Waals surface area contributed by atoms with E-state index in [-0.39, 0.29) is 0 Å². The Kier molecular flexibility index (Phi) is 3.35. The van der Waals surface area contributed by atoms with Crippen LogP contribution in [0.4, 0.5) is 0 Å². The topological polar surface area (TPSA) is 40.5 Å². The first-order valence-electron chi connectivity index (χ1n) is 4.30. The van der Waals surface area contributed by atoms with Gasteiger partial charge in [-0.25, -0.2) is 0 Å². The zero-order chi connectivity index (χ0) is 10.1. The molecule has 0 fully saturated rings. The van der Waals surface area contributed by atoms with E-state index in [0.717, 1.165) is 5.20 Å². The van der Waals surface area contributed by atoms with E-state index < -0.39 is 20.3 Å². The Morgan fingerprint density at radius 1 is 1.46 bits per heavy atom. The zero-order valence-electron chi connectivity index (χ0n) is 7.87. The molecule has 0 aromatic heterocycles. The number of hydrogen-bond donors (Lipinski definition) is 2. The minimum Gasteiger partial charge on any atom is -0.386 e. The maximum atomic E-state index is 9.71. The van der Waals surface area contributed by atoms with E-state index in [2.05, 4.69) is 13.1 Å². The molecule has 0 bridgehead atoms. The fraction of sp³-hybridized carbons (Fsp3) is 0.556. The number of halogens is 1. The zero-order valence-corrected chi connectivity index (χ0v) is 9.62. The van der Waals surface area contributed by atoms with Crippen LogP contribution in [0.15, 0.2) is 23.4 Å². The first-order valence-corrected chi connectivity index (χ1v) is 8.04. The highest BCUT2D eigenvalue weighted by molar-refractivity contribution is 6.89. The van der Waals surface area contributed by atoms with Crippen LogP contribution in [0.5, 0.6) is 0 Å². The normalized spacial score (nSPS) is 28.8. The summed E-state index contributed by atoms with van der Waals surface area (Å²) >= 11 is 5.84. The Hall–Kier alpha value is -0.0931. The van der Waals surface area contributed by atoms with Gasteiger partial charge in [0, 0.05) is 5.50 Å². The van der Waals surface area contributed by atoms with Gasteiger partial charge in [0.15, 0.2) is 0 Å². The molecule has 0 heterocycles. The molecule has 1 aliphatic rings. The van der Waals surface area contributed by atoms with Gasteiger partial charge >= 0.3 is 0 Å². The molecule has 0 saturated carbocycles. The lowest BCUT2D eigenvalue weighted by Crippen LogP contribution is -2.43. The van der Waals surface area contributed by atoms with Crippen LogP contribution in [-0.4, -0.2) is 36.0 Å². The second-order valence-corrected chi connectivity index (χ2v) is 9.37. The van der Waals surface area contributed by atoms with Crippen LogP contribution in [-0.2, 0) is 0 Å². The first kappa shape index (κ1) is 11.0. The van der Waals surface area contributed by atoms with Crippen molar-refractivity contribution in [1.82, 2.24) is 0 Å². The van der Waals surface area contributed by atoms with E-state index in [9.17, 15) is 10.2 Å². The predicted octanol–water partition coefficient (Wildman–Crippen LogP) is 1.23. The molecular formula is C9H15ClO2Si. The Bertz CT molecular complexity index is 248. The van der Waals surface area contributed by atoms with Crippen LogP contribution >= 0.6 is 11.6 Å². The maximum absolute atomic E-state index is 9.71. The van der Waals surface area contributed by atoms with E-state index in [1.807, 2.05) is 6.08 Å². The van der Waals surface area contributed by atoms with Crippen molar-refractivity contribution in [3.8, 4) is 0 Å². The SMILES string of the molecule is C[Si](C)(CCl)C1=CC=C[C@H](O)[C@@H]1O. The van der Waals surface area contributed by atoms with E-state index in [1.54, 1.807) is 12.2 Å². The van der Waals surface area contributed by atoms with Crippen LogP contribution in [0.2, 0.25) is 13.1 Å². The highest BCUT2D eigenvalue weighted by Crippen LogP contribution is 2.24. The van der Waals surface area contributed by atoms with Gasteiger partial charge in [-0.2, -0.15) is 0 Å². The van der Waals surface area contributed by atoms with Crippen molar-refractivity contribution >= 4 is 19.7 Å². The van der Waals surface area contributed by atoms with Crippen molar-refractivity contribution in [2.24, 2.45) is 0 Å². The minimum atomic E-state index is -1.72. The van der Waals surface area contributed by atoms with Crippen LogP contribution in [0, 0.1) is 0 Å². The van der Waals surface area contributed by atoms with E-state index in [4.69, 9.17) is 11.6 Å². The third-order valence-electron chi connectivity index (χ3n) is 2.34. The Labute approximate surface area is 84.5 Å². The Morgan fingerprint density at radius 3 is 2.62 bits per heavy atom. The molecule has 0 aromatic rings. The van der Waals surface area contributed by atoms with Crippen LogP contribution < -0.4 is 0 Å². The lowest BCUT2D eigenvalue weighted by atomic mass is 10.1. The van der Waals surface area contributed by atoms with Crippen LogP contribution in [0.3, 0.4) is 0 Å². The van der Waals surface area contributed by atoms with E-state index in [0.29, 0.717) is 5.50 Å². The van der Waals surface area contributed by atoms with Crippen molar-refractivity contribution < 1.29 is 10.2 Å². The van der Waals surface area contributed by atoms with Gasteiger partial charge in [0.05, 0.1) is 8.07 Å². The van der Waals surface area contributed by atoms with Crippen molar-refractivity contribution in [2.45, 2.75) is 25.3 Å². The summed E-state index contributed by atoms with van der Waals surface area (Å²) in [7, 11) is -1.72. The highest BCUT2D eigenvalue weighted by atomic mass is 35.5. The third kappa shape index (κ3) is 2.23. The molecule has 0 aromatic carbocycles. The average Bonchev–Trinajstić information content (AvgIpc) is 2.09. The molecule has 74 valence electrons. The number of rotatable bonds is 2. The molecule has 0 spiro atoms. The van der Waals surface area contributed by atoms with E-state index in [1.165, 1.54) is 0 Å². The summed E-state index contributed by atoms with van der Waals surface area (Å²) in [5, 5.41) is 20.0. The maximum Gasteiger partial charge on any atom is 0.102 e. The lowest BCUT2D eigenvalue weighted by Gasteiger charge is -2.30. The number of allylic oxidation sites excluding steroid dienone is 2. The molecule has 2 N–H and O–H groups in total. The summed E-state index contributed by atoms with van der Waals surface area (Å²) in [6.07, 6.45) is 3.73. The van der Waals surface area contributed by atoms with Gasteiger partial charge in [0.25, 0.3) is 0 Å². The summed E-state index contributed by atoms with van der Waals surface area (Å²) in [5.41, 5.74) is 0.566. The number of aliphatic hydroxyl groups excluding tert-OH is 2. The van der Waals surface area contributed by atoms with Gasteiger partial charge in [0.2, 0.25) is 0 Å². The summed E-state index contributed by atoms with van der Waals surface area (Å²) in [6.45, 7) is 4.17. The molecular weight excluding hydrogens is 204 g/mol. The smallest absolute Gasteiger partial charge is 0.102 e. The molecule has 4 heteroatoms. The number of alkyl halides is 1. The second kappa shape index (κ2) is 3.96. The largest absolute Gasteiger partial charge is 0.386 e. The number of hydrogen-bond acceptors (Lipinski definition) is 2. The van der Waals surface area contributed by atoms with Crippen molar-refractivity contribution in [1.29, 1.82) is 0 Å². The van der Waals surface area contributed by atoms with Gasteiger partial charge in [-0.05, 0) is 5.20 Å². The summed E-state index contributed by atoms with van der Waals surface area (Å²) in [4.78, 5) is 0. The third-order valence-corrected chi connectivity index (χ3v) is 7.04. The Balaban J connectivity index is 2.91. The monoisotopic (exact) mass is 218 g/mol.